The van der Waals surface area contributed by atoms with Gasteiger partial charge in [0.2, 0.25) is 0 Å². The van der Waals surface area contributed by atoms with E-state index in [0.717, 1.165) is 32.6 Å². The second-order valence-electron chi connectivity index (χ2n) is 5.14. The number of hydrogen-bond acceptors (Lipinski definition) is 4. The summed E-state index contributed by atoms with van der Waals surface area (Å²) in [6, 6.07) is 4.12. The van der Waals surface area contributed by atoms with Gasteiger partial charge in [-0.05, 0) is 32.1 Å². The Kier molecular flexibility index (Phi) is 3.76. The summed E-state index contributed by atoms with van der Waals surface area (Å²) in [7, 11) is 4.25. The SMILES string of the molecule is CN(C)C1(CN)CCN(Cc2cccnc2)C1. The van der Waals surface area contributed by atoms with Crippen LogP contribution in [0.15, 0.2) is 24.5 Å². The Morgan fingerprint density at radius 1 is 1.53 bits per heavy atom. The molecule has 1 aliphatic rings. The second-order valence-corrected chi connectivity index (χ2v) is 5.14. The first kappa shape index (κ1) is 12.5. The minimum absolute atomic E-state index is 0.155. The van der Waals surface area contributed by atoms with Crippen molar-refractivity contribution in [1.82, 2.24) is 14.8 Å². The van der Waals surface area contributed by atoms with Gasteiger partial charge in [0.15, 0.2) is 0 Å². The fourth-order valence-corrected chi connectivity index (χ4v) is 2.54. The van der Waals surface area contributed by atoms with Crippen LogP contribution in [0.2, 0.25) is 0 Å². The number of pyridine rings is 1. The number of nitrogens with zero attached hydrogens (tertiary/aromatic N) is 3. The lowest BCUT2D eigenvalue weighted by atomic mass is 9.97. The van der Waals surface area contributed by atoms with Gasteiger partial charge in [0, 0.05) is 44.1 Å². The first-order valence-electron chi connectivity index (χ1n) is 6.15. The van der Waals surface area contributed by atoms with Crippen LogP contribution in [0.25, 0.3) is 0 Å². The molecule has 2 rings (SSSR count). The summed E-state index contributed by atoms with van der Waals surface area (Å²) in [5.74, 6) is 0. The van der Waals surface area contributed by atoms with E-state index in [-0.39, 0.29) is 5.54 Å². The molecule has 94 valence electrons. The van der Waals surface area contributed by atoms with Gasteiger partial charge in [0.1, 0.15) is 0 Å². The maximum atomic E-state index is 5.94. The molecule has 1 fully saturated rings. The molecule has 0 aromatic carbocycles. The summed E-state index contributed by atoms with van der Waals surface area (Å²) < 4.78 is 0. The number of nitrogens with two attached hydrogens (primary N) is 1. The molecule has 0 spiro atoms. The molecule has 0 radical (unpaired) electrons. The van der Waals surface area contributed by atoms with E-state index in [9.17, 15) is 0 Å². The highest BCUT2D eigenvalue weighted by Crippen LogP contribution is 2.26. The van der Waals surface area contributed by atoms with Crippen molar-refractivity contribution in [3.05, 3.63) is 30.1 Å². The van der Waals surface area contributed by atoms with E-state index in [1.54, 1.807) is 0 Å². The number of likely N-dealkylation sites (N-methyl/N-ethyl adjacent to an activating group) is 1. The standard InChI is InChI=1S/C13H22N4/c1-16(2)13(10-14)5-7-17(11-13)9-12-4-3-6-15-8-12/h3-4,6,8H,5,7,9-11,14H2,1-2H3. The molecule has 0 amide bonds. The predicted molar refractivity (Wildman–Crippen MR) is 69.6 cm³/mol. The molecule has 4 heteroatoms. The number of hydrogen-bond donors (Lipinski definition) is 1. The second kappa shape index (κ2) is 5.12. The van der Waals surface area contributed by atoms with Gasteiger partial charge in [-0.2, -0.15) is 0 Å². The Balaban J connectivity index is 1.98. The first-order chi connectivity index (χ1) is 8.16. The molecule has 0 saturated carbocycles. The molecule has 1 atom stereocenters. The van der Waals surface area contributed by atoms with Gasteiger partial charge in [-0.1, -0.05) is 6.07 Å². The van der Waals surface area contributed by atoms with Crippen molar-refractivity contribution in [2.24, 2.45) is 5.73 Å². The Morgan fingerprint density at radius 3 is 2.88 bits per heavy atom. The molecule has 1 aliphatic heterocycles. The smallest absolute Gasteiger partial charge is 0.0464 e. The fourth-order valence-electron chi connectivity index (χ4n) is 2.54. The molecule has 0 aliphatic carbocycles. The number of rotatable bonds is 4. The Labute approximate surface area is 103 Å². The van der Waals surface area contributed by atoms with Crippen LogP contribution >= 0.6 is 0 Å². The Hall–Kier alpha value is -0.970. The Bertz CT molecular complexity index is 352. The minimum Gasteiger partial charge on any atom is -0.329 e. The van der Waals surface area contributed by atoms with E-state index < -0.39 is 0 Å². The zero-order chi connectivity index (χ0) is 12.3. The topological polar surface area (TPSA) is 45.4 Å². The summed E-state index contributed by atoms with van der Waals surface area (Å²) in [6.07, 6.45) is 4.91. The zero-order valence-corrected chi connectivity index (χ0v) is 10.8. The monoisotopic (exact) mass is 234 g/mol. The highest BCUT2D eigenvalue weighted by Gasteiger charge is 2.38. The molecule has 1 aromatic rings. The molecule has 17 heavy (non-hydrogen) atoms. The molecule has 1 aromatic heterocycles. The van der Waals surface area contributed by atoms with Crippen molar-refractivity contribution in [2.75, 3.05) is 33.7 Å². The molecular weight excluding hydrogens is 212 g/mol. The van der Waals surface area contributed by atoms with Crippen LogP contribution in [-0.4, -0.2) is 54.1 Å². The summed E-state index contributed by atoms with van der Waals surface area (Å²) in [5.41, 5.74) is 7.38. The number of likely N-dealkylation sites (tertiary alicyclic amines) is 1. The van der Waals surface area contributed by atoms with Crippen molar-refractivity contribution >= 4 is 0 Å². The molecule has 4 nitrogen and oxygen atoms in total. The minimum atomic E-state index is 0.155. The van der Waals surface area contributed by atoms with Crippen LogP contribution in [0.5, 0.6) is 0 Å². The van der Waals surface area contributed by atoms with E-state index in [0.29, 0.717) is 0 Å². The van der Waals surface area contributed by atoms with Crippen LogP contribution in [0.4, 0.5) is 0 Å². The van der Waals surface area contributed by atoms with Crippen LogP contribution in [0.1, 0.15) is 12.0 Å². The fraction of sp³-hybridized carbons (Fsp3) is 0.615. The van der Waals surface area contributed by atoms with Gasteiger partial charge in [-0.25, -0.2) is 0 Å². The van der Waals surface area contributed by atoms with Crippen LogP contribution < -0.4 is 5.73 Å². The third-order valence-electron chi connectivity index (χ3n) is 3.87. The van der Waals surface area contributed by atoms with E-state index >= 15 is 0 Å². The van der Waals surface area contributed by atoms with Crippen molar-refractivity contribution in [2.45, 2.75) is 18.5 Å². The van der Waals surface area contributed by atoms with Crippen LogP contribution in [0.3, 0.4) is 0 Å². The molecule has 1 saturated heterocycles. The maximum Gasteiger partial charge on any atom is 0.0464 e. The molecule has 2 heterocycles. The van der Waals surface area contributed by atoms with E-state index in [4.69, 9.17) is 5.73 Å². The van der Waals surface area contributed by atoms with Crippen LogP contribution in [0, 0.1) is 0 Å². The molecular formula is C13H22N4. The average molecular weight is 234 g/mol. The van der Waals surface area contributed by atoms with Gasteiger partial charge in [0.05, 0.1) is 0 Å². The van der Waals surface area contributed by atoms with E-state index in [1.165, 1.54) is 5.56 Å². The zero-order valence-electron chi connectivity index (χ0n) is 10.8. The summed E-state index contributed by atoms with van der Waals surface area (Å²) in [4.78, 5) is 8.89. The molecule has 0 bridgehead atoms. The maximum absolute atomic E-state index is 5.94. The lowest BCUT2D eigenvalue weighted by Crippen LogP contribution is -2.52. The third kappa shape index (κ3) is 2.65. The lowest BCUT2D eigenvalue weighted by molar-refractivity contribution is 0.159. The highest BCUT2D eigenvalue weighted by molar-refractivity contribution is 5.09. The normalized spacial score (nSPS) is 25.6. The quantitative estimate of drug-likeness (QED) is 0.826. The molecule has 1 unspecified atom stereocenters. The van der Waals surface area contributed by atoms with Crippen LogP contribution in [-0.2, 0) is 6.54 Å². The Morgan fingerprint density at radius 2 is 2.35 bits per heavy atom. The van der Waals surface area contributed by atoms with Crippen molar-refractivity contribution in [3.63, 3.8) is 0 Å². The highest BCUT2D eigenvalue weighted by atomic mass is 15.3. The van der Waals surface area contributed by atoms with Gasteiger partial charge < -0.3 is 10.6 Å². The molecule has 2 N–H and O–H groups in total. The van der Waals surface area contributed by atoms with Gasteiger partial charge in [-0.15, -0.1) is 0 Å². The van der Waals surface area contributed by atoms with Crippen molar-refractivity contribution in [1.29, 1.82) is 0 Å². The van der Waals surface area contributed by atoms with E-state index in [1.807, 2.05) is 18.5 Å². The van der Waals surface area contributed by atoms with Gasteiger partial charge in [0.25, 0.3) is 0 Å². The van der Waals surface area contributed by atoms with Crippen molar-refractivity contribution < 1.29 is 0 Å². The third-order valence-corrected chi connectivity index (χ3v) is 3.87. The summed E-state index contributed by atoms with van der Waals surface area (Å²) in [6.45, 7) is 3.86. The number of aromatic nitrogens is 1. The summed E-state index contributed by atoms with van der Waals surface area (Å²) in [5, 5.41) is 0. The van der Waals surface area contributed by atoms with Crippen molar-refractivity contribution in [3.8, 4) is 0 Å². The lowest BCUT2D eigenvalue weighted by Gasteiger charge is -2.35. The summed E-state index contributed by atoms with van der Waals surface area (Å²) >= 11 is 0. The largest absolute Gasteiger partial charge is 0.329 e. The van der Waals surface area contributed by atoms with Gasteiger partial charge in [-0.3, -0.25) is 9.88 Å². The van der Waals surface area contributed by atoms with Gasteiger partial charge >= 0.3 is 0 Å². The van der Waals surface area contributed by atoms with E-state index in [2.05, 4.69) is 34.9 Å². The first-order valence-corrected chi connectivity index (χ1v) is 6.15. The average Bonchev–Trinajstić information content (AvgIpc) is 2.75. The predicted octanol–water partition coefficient (Wildman–Crippen LogP) is 0.546.